The van der Waals surface area contributed by atoms with Gasteiger partial charge in [-0.15, -0.1) is 0 Å². The van der Waals surface area contributed by atoms with Crippen LogP contribution in [0.1, 0.15) is 52.4 Å². The lowest BCUT2D eigenvalue weighted by Gasteiger charge is -1.93. The first-order valence-electron chi connectivity index (χ1n) is 5.76. The zero-order valence-corrected chi connectivity index (χ0v) is 10.9. The van der Waals surface area contributed by atoms with Gasteiger partial charge < -0.3 is 10.2 Å². The molecular formula is C13H25O4. The van der Waals surface area contributed by atoms with Gasteiger partial charge in [-0.05, 0) is 0 Å². The Bertz CT molecular complexity index is 178. The van der Waals surface area contributed by atoms with Crippen LogP contribution in [0.3, 0.4) is 0 Å². The fraction of sp³-hybridized carbons (Fsp3) is 0.615. The Morgan fingerprint density at radius 1 is 1.12 bits per heavy atom. The van der Waals surface area contributed by atoms with Gasteiger partial charge in [0, 0.05) is 13.0 Å². The summed E-state index contributed by atoms with van der Waals surface area (Å²) in [5.74, 6) is -1.81. The van der Waals surface area contributed by atoms with Crippen LogP contribution in [-0.2, 0) is 9.59 Å². The standard InChI is InChI=1S/C8H17.C3H4O2.C2H4O2/c1-3-5-7-8-6-4-2;1-2-3(4)5;1-2(3)4/h1,3-8H2,2H3;2H,1H2,(H,4,5);1H3,(H,3,4). The van der Waals surface area contributed by atoms with Crippen LogP contribution in [0.15, 0.2) is 12.7 Å². The molecule has 1 radical (unpaired) electrons. The minimum Gasteiger partial charge on any atom is -0.481 e. The molecule has 0 fully saturated rings. The van der Waals surface area contributed by atoms with E-state index in [-0.39, 0.29) is 0 Å². The van der Waals surface area contributed by atoms with E-state index in [1.54, 1.807) is 0 Å². The van der Waals surface area contributed by atoms with Crippen molar-refractivity contribution in [2.75, 3.05) is 0 Å². The summed E-state index contributed by atoms with van der Waals surface area (Å²) in [7, 11) is 0. The van der Waals surface area contributed by atoms with Crippen molar-refractivity contribution in [3.05, 3.63) is 19.6 Å². The third kappa shape index (κ3) is 73.2. The fourth-order valence-corrected chi connectivity index (χ4v) is 0.780. The van der Waals surface area contributed by atoms with Crippen LogP contribution in [0, 0.1) is 6.92 Å². The quantitative estimate of drug-likeness (QED) is 0.554. The fourth-order valence-electron chi connectivity index (χ4n) is 0.780. The van der Waals surface area contributed by atoms with Crippen molar-refractivity contribution in [3.63, 3.8) is 0 Å². The van der Waals surface area contributed by atoms with Gasteiger partial charge in [-0.1, -0.05) is 59.0 Å². The van der Waals surface area contributed by atoms with E-state index in [9.17, 15) is 4.79 Å². The predicted octanol–water partition coefficient (Wildman–Crippen LogP) is 3.53. The van der Waals surface area contributed by atoms with E-state index < -0.39 is 11.9 Å². The zero-order chi connectivity index (χ0) is 14.1. The summed E-state index contributed by atoms with van der Waals surface area (Å²) >= 11 is 0. The molecular weight excluding hydrogens is 220 g/mol. The molecule has 0 heterocycles. The van der Waals surface area contributed by atoms with Crippen LogP contribution >= 0.6 is 0 Å². The molecule has 101 valence electrons. The molecule has 0 saturated heterocycles. The average molecular weight is 245 g/mol. The van der Waals surface area contributed by atoms with Crippen molar-refractivity contribution in [2.24, 2.45) is 0 Å². The Balaban J connectivity index is -0.000000188. The number of hydrogen-bond acceptors (Lipinski definition) is 2. The van der Waals surface area contributed by atoms with E-state index in [0.717, 1.165) is 19.4 Å². The summed E-state index contributed by atoms with van der Waals surface area (Å²) in [5.41, 5.74) is 0. The first kappa shape index (κ1) is 21.0. The van der Waals surface area contributed by atoms with E-state index in [4.69, 9.17) is 15.0 Å². The Morgan fingerprint density at radius 3 is 1.71 bits per heavy atom. The highest BCUT2D eigenvalue weighted by molar-refractivity contribution is 5.78. The van der Waals surface area contributed by atoms with Crippen LogP contribution in [-0.4, -0.2) is 22.2 Å². The van der Waals surface area contributed by atoms with Gasteiger partial charge in [-0.3, -0.25) is 4.79 Å². The van der Waals surface area contributed by atoms with Crippen LogP contribution in [0.4, 0.5) is 0 Å². The highest BCUT2D eigenvalue weighted by Crippen LogP contribution is 2.03. The zero-order valence-electron chi connectivity index (χ0n) is 10.9. The number of hydrogen-bond donors (Lipinski definition) is 2. The third-order valence-corrected chi connectivity index (χ3v) is 1.53. The smallest absolute Gasteiger partial charge is 0.327 e. The summed E-state index contributed by atoms with van der Waals surface area (Å²) in [5, 5.41) is 15.0. The van der Waals surface area contributed by atoms with Gasteiger partial charge in [-0.2, -0.15) is 0 Å². The summed E-state index contributed by atoms with van der Waals surface area (Å²) in [6, 6.07) is 0. The number of unbranched alkanes of at least 4 members (excludes halogenated alkanes) is 5. The minimum atomic E-state index is -0.981. The molecule has 4 heteroatoms. The van der Waals surface area contributed by atoms with Crippen molar-refractivity contribution in [3.8, 4) is 0 Å². The summed E-state index contributed by atoms with van der Waals surface area (Å²) in [4.78, 5) is 18.2. The maximum Gasteiger partial charge on any atom is 0.327 e. The van der Waals surface area contributed by atoms with Crippen molar-refractivity contribution in [2.45, 2.75) is 52.4 Å². The number of carboxylic acid groups (broad SMARTS) is 2. The summed E-state index contributed by atoms with van der Waals surface area (Å²) in [6.07, 6.45) is 8.81. The molecule has 0 aromatic rings. The van der Waals surface area contributed by atoms with Crippen molar-refractivity contribution < 1.29 is 19.8 Å². The highest BCUT2D eigenvalue weighted by Gasteiger charge is 1.83. The molecule has 0 aromatic carbocycles. The molecule has 0 aromatic heterocycles. The number of aliphatic carboxylic acids is 2. The molecule has 0 aliphatic rings. The first-order valence-corrected chi connectivity index (χ1v) is 5.76. The lowest BCUT2D eigenvalue weighted by atomic mass is 10.1. The molecule has 0 saturated carbocycles. The Morgan fingerprint density at radius 2 is 1.47 bits per heavy atom. The largest absolute Gasteiger partial charge is 0.481 e. The van der Waals surface area contributed by atoms with Crippen molar-refractivity contribution in [1.82, 2.24) is 0 Å². The van der Waals surface area contributed by atoms with Gasteiger partial charge in [-0.25, -0.2) is 4.79 Å². The van der Waals surface area contributed by atoms with E-state index >= 15 is 0 Å². The molecule has 2 N–H and O–H groups in total. The molecule has 0 amide bonds. The van der Waals surface area contributed by atoms with E-state index in [2.05, 4.69) is 20.4 Å². The normalized spacial score (nSPS) is 7.94. The minimum absolute atomic E-state index is 0.833. The average Bonchev–Trinajstić information content (AvgIpc) is 2.24. The molecule has 0 atom stereocenters. The van der Waals surface area contributed by atoms with E-state index in [1.807, 2.05) is 0 Å². The molecule has 0 aliphatic carbocycles. The second-order valence-corrected chi connectivity index (χ2v) is 3.33. The summed E-state index contributed by atoms with van der Waals surface area (Å²) < 4.78 is 0. The van der Waals surface area contributed by atoms with Gasteiger partial charge >= 0.3 is 5.97 Å². The first-order chi connectivity index (χ1) is 7.92. The van der Waals surface area contributed by atoms with E-state index in [0.29, 0.717) is 0 Å². The van der Waals surface area contributed by atoms with Crippen LogP contribution in [0.5, 0.6) is 0 Å². The van der Waals surface area contributed by atoms with Crippen molar-refractivity contribution >= 4 is 11.9 Å². The summed E-state index contributed by atoms with van der Waals surface area (Å²) in [6.45, 7) is 10.1. The Hall–Kier alpha value is -1.32. The number of carboxylic acids is 2. The Labute approximate surface area is 104 Å². The SMILES string of the molecule is C=CC(=O)O.CC(=O)O.[CH2]CCCCCCC. The number of rotatable bonds is 6. The second-order valence-electron chi connectivity index (χ2n) is 3.33. The predicted molar refractivity (Wildman–Crippen MR) is 69.9 cm³/mol. The third-order valence-electron chi connectivity index (χ3n) is 1.53. The van der Waals surface area contributed by atoms with Gasteiger partial charge in [0.25, 0.3) is 5.97 Å². The highest BCUT2D eigenvalue weighted by atomic mass is 16.4. The van der Waals surface area contributed by atoms with Crippen LogP contribution in [0.2, 0.25) is 0 Å². The maximum atomic E-state index is 9.25. The lowest BCUT2D eigenvalue weighted by molar-refractivity contribution is -0.134. The second kappa shape index (κ2) is 20.1. The maximum absolute atomic E-state index is 9.25. The van der Waals surface area contributed by atoms with E-state index in [1.165, 1.54) is 32.1 Å². The topological polar surface area (TPSA) is 74.6 Å². The molecule has 0 rings (SSSR count). The molecule has 0 bridgehead atoms. The molecule has 17 heavy (non-hydrogen) atoms. The molecule has 0 unspecified atom stereocenters. The number of carbonyl (C=O) groups is 2. The molecule has 0 spiro atoms. The van der Waals surface area contributed by atoms with Gasteiger partial charge in [0.05, 0.1) is 0 Å². The lowest BCUT2D eigenvalue weighted by Crippen LogP contribution is -1.82. The van der Waals surface area contributed by atoms with Crippen LogP contribution < -0.4 is 0 Å². The van der Waals surface area contributed by atoms with Crippen molar-refractivity contribution in [1.29, 1.82) is 0 Å². The van der Waals surface area contributed by atoms with Gasteiger partial charge in [0.15, 0.2) is 0 Å². The van der Waals surface area contributed by atoms with Gasteiger partial charge in [0.2, 0.25) is 0 Å². The monoisotopic (exact) mass is 245 g/mol. The molecule has 0 aliphatic heterocycles. The Kier molecular flexibility index (Phi) is 24.9. The van der Waals surface area contributed by atoms with Crippen LogP contribution in [0.25, 0.3) is 0 Å². The molecule has 4 nitrogen and oxygen atoms in total. The van der Waals surface area contributed by atoms with Gasteiger partial charge in [0.1, 0.15) is 0 Å².